The van der Waals surface area contributed by atoms with Gasteiger partial charge in [-0.2, -0.15) is 0 Å². The number of hydrogen-bond acceptors (Lipinski definition) is 4. The fourth-order valence-electron chi connectivity index (χ4n) is 1.90. The Balaban J connectivity index is 2.49. The molecule has 0 unspecified atom stereocenters. The van der Waals surface area contributed by atoms with E-state index < -0.39 is 0 Å². The molecule has 18 heavy (non-hydrogen) atoms. The molecule has 2 aromatic heterocycles. The summed E-state index contributed by atoms with van der Waals surface area (Å²) >= 11 is 0. The average molecular weight is 242 g/mol. The highest BCUT2D eigenvalue weighted by atomic mass is 15.0. The third kappa shape index (κ3) is 2.64. The molecule has 2 heterocycles. The van der Waals surface area contributed by atoms with E-state index in [4.69, 9.17) is 0 Å². The third-order valence-corrected chi connectivity index (χ3v) is 2.64. The Bertz CT molecular complexity index is 564. The Morgan fingerprint density at radius 1 is 1.11 bits per heavy atom. The number of aromatic nitrogens is 3. The van der Waals surface area contributed by atoms with Gasteiger partial charge in [0.25, 0.3) is 0 Å². The maximum Gasteiger partial charge on any atom is 0.180 e. The Hall–Kier alpha value is -1.97. The molecular weight excluding hydrogens is 224 g/mol. The number of nitrogens with zero attached hydrogens (tertiary/aromatic N) is 3. The van der Waals surface area contributed by atoms with Gasteiger partial charge < -0.3 is 5.32 Å². The van der Waals surface area contributed by atoms with Crippen molar-refractivity contribution < 1.29 is 0 Å². The van der Waals surface area contributed by atoms with E-state index in [1.807, 2.05) is 40.0 Å². The van der Waals surface area contributed by atoms with Crippen molar-refractivity contribution in [1.82, 2.24) is 15.0 Å². The van der Waals surface area contributed by atoms with E-state index in [-0.39, 0.29) is 0 Å². The van der Waals surface area contributed by atoms with Gasteiger partial charge in [0.2, 0.25) is 0 Å². The second-order valence-corrected chi connectivity index (χ2v) is 4.43. The molecule has 0 saturated carbocycles. The van der Waals surface area contributed by atoms with Crippen LogP contribution in [0, 0.1) is 20.8 Å². The van der Waals surface area contributed by atoms with Crippen molar-refractivity contribution in [2.75, 3.05) is 11.9 Å². The van der Waals surface area contributed by atoms with Crippen molar-refractivity contribution in [1.29, 1.82) is 0 Å². The Morgan fingerprint density at radius 3 is 2.56 bits per heavy atom. The lowest BCUT2D eigenvalue weighted by Crippen LogP contribution is -2.04. The maximum atomic E-state index is 4.50. The summed E-state index contributed by atoms with van der Waals surface area (Å²) in [7, 11) is 0. The molecule has 0 amide bonds. The molecular formula is C14H18N4. The normalized spacial score (nSPS) is 10.4. The molecule has 0 aliphatic rings. The van der Waals surface area contributed by atoms with Gasteiger partial charge in [0, 0.05) is 24.5 Å². The van der Waals surface area contributed by atoms with Gasteiger partial charge in [0.15, 0.2) is 5.82 Å². The fourth-order valence-corrected chi connectivity index (χ4v) is 1.90. The maximum absolute atomic E-state index is 4.50. The first-order chi connectivity index (χ1) is 8.60. The lowest BCUT2D eigenvalue weighted by Gasteiger charge is -2.08. The van der Waals surface area contributed by atoms with Crippen LogP contribution in [-0.4, -0.2) is 21.5 Å². The van der Waals surface area contributed by atoms with Crippen LogP contribution in [0.5, 0.6) is 0 Å². The van der Waals surface area contributed by atoms with Crippen molar-refractivity contribution >= 4 is 5.82 Å². The molecule has 0 aliphatic heterocycles. The molecule has 0 saturated heterocycles. The van der Waals surface area contributed by atoms with Crippen molar-refractivity contribution in [3.8, 4) is 11.5 Å². The van der Waals surface area contributed by atoms with E-state index in [1.54, 1.807) is 0 Å². The molecule has 2 aromatic rings. The summed E-state index contributed by atoms with van der Waals surface area (Å²) in [5.74, 6) is 1.53. The minimum Gasteiger partial charge on any atom is -0.370 e. The summed E-state index contributed by atoms with van der Waals surface area (Å²) in [6, 6.07) is 4.04. The summed E-state index contributed by atoms with van der Waals surface area (Å²) in [6.07, 6.45) is 1.85. The second kappa shape index (κ2) is 5.12. The SMILES string of the molecule is CCNc1cc(C)nc(-c2ncc(C)cc2C)n1. The Labute approximate surface area is 108 Å². The zero-order chi connectivity index (χ0) is 13.1. The third-order valence-electron chi connectivity index (χ3n) is 2.64. The molecule has 4 nitrogen and oxygen atoms in total. The topological polar surface area (TPSA) is 50.7 Å². The molecule has 0 spiro atoms. The highest BCUT2D eigenvalue weighted by Gasteiger charge is 2.09. The van der Waals surface area contributed by atoms with Gasteiger partial charge in [-0.15, -0.1) is 0 Å². The van der Waals surface area contributed by atoms with Crippen LogP contribution in [0.4, 0.5) is 5.82 Å². The van der Waals surface area contributed by atoms with Crippen molar-refractivity contribution in [3.63, 3.8) is 0 Å². The first-order valence-corrected chi connectivity index (χ1v) is 6.13. The van der Waals surface area contributed by atoms with Crippen LogP contribution in [0.1, 0.15) is 23.7 Å². The monoisotopic (exact) mass is 242 g/mol. The van der Waals surface area contributed by atoms with Crippen LogP contribution < -0.4 is 5.32 Å². The van der Waals surface area contributed by atoms with Crippen molar-refractivity contribution in [3.05, 3.63) is 35.2 Å². The van der Waals surface area contributed by atoms with Gasteiger partial charge in [-0.3, -0.25) is 4.98 Å². The molecule has 0 aromatic carbocycles. The van der Waals surface area contributed by atoms with E-state index in [0.29, 0.717) is 5.82 Å². The number of hydrogen-bond donors (Lipinski definition) is 1. The van der Waals surface area contributed by atoms with E-state index in [0.717, 1.165) is 34.9 Å². The molecule has 4 heteroatoms. The average Bonchev–Trinajstić information content (AvgIpc) is 2.28. The van der Waals surface area contributed by atoms with Crippen molar-refractivity contribution in [2.24, 2.45) is 0 Å². The van der Waals surface area contributed by atoms with Crippen LogP contribution in [0.15, 0.2) is 18.3 Å². The number of anilines is 1. The van der Waals surface area contributed by atoms with E-state index >= 15 is 0 Å². The number of nitrogens with one attached hydrogen (secondary N) is 1. The predicted molar refractivity (Wildman–Crippen MR) is 73.6 cm³/mol. The van der Waals surface area contributed by atoms with E-state index in [9.17, 15) is 0 Å². The molecule has 0 bridgehead atoms. The van der Waals surface area contributed by atoms with Gasteiger partial charge in [-0.05, 0) is 38.8 Å². The van der Waals surface area contributed by atoms with E-state index in [1.165, 1.54) is 0 Å². The number of aryl methyl sites for hydroxylation is 3. The molecule has 0 aliphatic carbocycles. The molecule has 0 atom stereocenters. The van der Waals surface area contributed by atoms with Crippen molar-refractivity contribution in [2.45, 2.75) is 27.7 Å². The summed E-state index contributed by atoms with van der Waals surface area (Å²) in [4.78, 5) is 13.4. The van der Waals surface area contributed by atoms with Gasteiger partial charge in [0.05, 0.1) is 0 Å². The highest BCUT2D eigenvalue weighted by Crippen LogP contribution is 2.20. The Morgan fingerprint density at radius 2 is 1.89 bits per heavy atom. The molecule has 94 valence electrons. The largest absolute Gasteiger partial charge is 0.370 e. The lowest BCUT2D eigenvalue weighted by atomic mass is 10.1. The van der Waals surface area contributed by atoms with Crippen LogP contribution in [0.3, 0.4) is 0 Å². The second-order valence-electron chi connectivity index (χ2n) is 4.43. The standard InChI is InChI=1S/C14H18N4/c1-5-15-12-7-11(4)17-14(18-12)13-10(3)6-9(2)8-16-13/h6-8H,5H2,1-4H3,(H,15,17,18). The predicted octanol–water partition coefficient (Wildman–Crippen LogP) is 2.90. The lowest BCUT2D eigenvalue weighted by molar-refractivity contribution is 1.06. The van der Waals surface area contributed by atoms with Crippen LogP contribution in [0.25, 0.3) is 11.5 Å². The Kier molecular flexibility index (Phi) is 3.55. The summed E-state index contributed by atoms with van der Waals surface area (Å²) < 4.78 is 0. The smallest absolute Gasteiger partial charge is 0.180 e. The zero-order valence-corrected chi connectivity index (χ0v) is 11.3. The van der Waals surface area contributed by atoms with Crippen LogP contribution in [-0.2, 0) is 0 Å². The fraction of sp³-hybridized carbons (Fsp3) is 0.357. The van der Waals surface area contributed by atoms with Gasteiger partial charge in [0.1, 0.15) is 11.5 Å². The molecule has 1 N–H and O–H groups in total. The minimum absolute atomic E-state index is 0.684. The van der Waals surface area contributed by atoms with E-state index in [2.05, 4.69) is 26.3 Å². The quantitative estimate of drug-likeness (QED) is 0.899. The highest BCUT2D eigenvalue weighted by molar-refractivity contribution is 5.57. The summed E-state index contributed by atoms with van der Waals surface area (Å²) in [5, 5.41) is 3.21. The first-order valence-electron chi connectivity index (χ1n) is 6.13. The molecule has 0 fully saturated rings. The van der Waals surface area contributed by atoms with Gasteiger partial charge >= 0.3 is 0 Å². The number of rotatable bonds is 3. The first kappa shape index (κ1) is 12.5. The van der Waals surface area contributed by atoms with Gasteiger partial charge in [-0.25, -0.2) is 9.97 Å². The molecule has 2 rings (SSSR count). The van der Waals surface area contributed by atoms with Gasteiger partial charge in [-0.1, -0.05) is 6.07 Å². The zero-order valence-electron chi connectivity index (χ0n) is 11.3. The van der Waals surface area contributed by atoms with Crippen LogP contribution >= 0.6 is 0 Å². The molecule has 0 radical (unpaired) electrons. The summed E-state index contributed by atoms with van der Waals surface area (Å²) in [5.41, 5.74) is 4.04. The summed E-state index contributed by atoms with van der Waals surface area (Å²) in [6.45, 7) is 8.93. The minimum atomic E-state index is 0.684. The van der Waals surface area contributed by atoms with Crippen LogP contribution in [0.2, 0.25) is 0 Å². The number of pyridine rings is 1.